The molecule has 0 aromatic heterocycles. The Morgan fingerprint density at radius 3 is 2.47 bits per heavy atom. The van der Waals surface area contributed by atoms with Crippen LogP contribution in [0.4, 0.5) is 0 Å². The van der Waals surface area contributed by atoms with E-state index in [1.807, 2.05) is 0 Å². The summed E-state index contributed by atoms with van der Waals surface area (Å²) in [6.07, 6.45) is 11.6. The summed E-state index contributed by atoms with van der Waals surface area (Å²) in [5.74, 6) is 0. The van der Waals surface area contributed by atoms with Crippen LogP contribution in [0, 0.1) is 5.41 Å². The Kier molecular flexibility index (Phi) is 4.87. The third kappa shape index (κ3) is 4.59. The topological polar surface area (TPSA) is 21.3 Å². The molecule has 0 bridgehead atoms. The van der Waals surface area contributed by atoms with Crippen molar-refractivity contribution in [3.05, 3.63) is 0 Å². The fourth-order valence-electron chi connectivity index (χ4n) is 2.98. The first-order valence-corrected chi connectivity index (χ1v) is 7.55. The van der Waals surface area contributed by atoms with Gasteiger partial charge in [0, 0.05) is 19.2 Å². The highest BCUT2D eigenvalue weighted by molar-refractivity contribution is 4.89. The van der Waals surface area contributed by atoms with Crippen molar-refractivity contribution in [3.63, 3.8) is 0 Å². The highest BCUT2D eigenvalue weighted by atomic mass is 16.5. The summed E-state index contributed by atoms with van der Waals surface area (Å²) >= 11 is 0. The van der Waals surface area contributed by atoms with Gasteiger partial charge in [0.25, 0.3) is 0 Å². The SMILES string of the molecule is CC(C)OCCC1(CNC2CC2)CCCCC1. The van der Waals surface area contributed by atoms with Crippen LogP contribution in [0.2, 0.25) is 0 Å². The molecule has 0 aliphatic heterocycles. The molecule has 0 amide bonds. The van der Waals surface area contributed by atoms with Crippen LogP contribution in [0.5, 0.6) is 0 Å². The van der Waals surface area contributed by atoms with Gasteiger partial charge in [0.15, 0.2) is 0 Å². The summed E-state index contributed by atoms with van der Waals surface area (Å²) in [5.41, 5.74) is 0.551. The van der Waals surface area contributed by atoms with Crippen LogP contribution in [0.3, 0.4) is 0 Å². The van der Waals surface area contributed by atoms with E-state index in [2.05, 4.69) is 19.2 Å². The maximum Gasteiger partial charge on any atom is 0.0518 e. The largest absolute Gasteiger partial charge is 0.379 e. The minimum absolute atomic E-state index is 0.382. The van der Waals surface area contributed by atoms with Crippen molar-refractivity contribution in [2.75, 3.05) is 13.2 Å². The summed E-state index contributed by atoms with van der Waals surface area (Å²) in [5, 5.41) is 3.75. The van der Waals surface area contributed by atoms with E-state index in [0.717, 1.165) is 12.6 Å². The molecule has 2 saturated carbocycles. The van der Waals surface area contributed by atoms with E-state index in [4.69, 9.17) is 4.74 Å². The number of ether oxygens (including phenoxy) is 1. The molecule has 0 unspecified atom stereocenters. The number of hydrogen-bond acceptors (Lipinski definition) is 2. The molecule has 2 rings (SSSR count). The Morgan fingerprint density at radius 2 is 1.88 bits per heavy atom. The third-order valence-electron chi connectivity index (χ3n) is 4.34. The molecule has 1 N–H and O–H groups in total. The molecule has 2 aliphatic rings. The van der Waals surface area contributed by atoms with Gasteiger partial charge < -0.3 is 10.1 Å². The van der Waals surface area contributed by atoms with Gasteiger partial charge >= 0.3 is 0 Å². The minimum Gasteiger partial charge on any atom is -0.379 e. The number of nitrogens with one attached hydrogen (secondary N) is 1. The Morgan fingerprint density at radius 1 is 1.18 bits per heavy atom. The molecule has 0 aromatic rings. The van der Waals surface area contributed by atoms with Crippen molar-refractivity contribution in [2.45, 2.75) is 77.4 Å². The monoisotopic (exact) mass is 239 g/mol. The summed E-state index contributed by atoms with van der Waals surface area (Å²) in [4.78, 5) is 0. The Labute approximate surface area is 107 Å². The average Bonchev–Trinajstić information content (AvgIpc) is 3.11. The zero-order valence-electron chi connectivity index (χ0n) is 11.6. The first-order chi connectivity index (χ1) is 8.20. The molecule has 100 valence electrons. The van der Waals surface area contributed by atoms with Crippen molar-refractivity contribution in [3.8, 4) is 0 Å². The molecular formula is C15H29NO. The van der Waals surface area contributed by atoms with Crippen molar-refractivity contribution in [1.29, 1.82) is 0 Å². The molecule has 0 radical (unpaired) electrons. The zero-order chi connectivity index (χ0) is 12.1. The van der Waals surface area contributed by atoms with E-state index in [9.17, 15) is 0 Å². The molecular weight excluding hydrogens is 210 g/mol. The van der Waals surface area contributed by atoms with E-state index in [1.165, 1.54) is 57.9 Å². The molecule has 0 heterocycles. The third-order valence-corrected chi connectivity index (χ3v) is 4.34. The highest BCUT2D eigenvalue weighted by Gasteiger charge is 2.33. The normalized spacial score (nSPS) is 24.2. The summed E-state index contributed by atoms with van der Waals surface area (Å²) < 4.78 is 5.76. The predicted molar refractivity (Wildman–Crippen MR) is 72.2 cm³/mol. The van der Waals surface area contributed by atoms with Gasteiger partial charge in [-0.05, 0) is 51.4 Å². The highest BCUT2D eigenvalue weighted by Crippen LogP contribution is 2.39. The van der Waals surface area contributed by atoms with E-state index in [1.54, 1.807) is 0 Å². The quantitative estimate of drug-likeness (QED) is 0.734. The van der Waals surface area contributed by atoms with Gasteiger partial charge in [-0.1, -0.05) is 19.3 Å². The van der Waals surface area contributed by atoms with Crippen LogP contribution in [-0.2, 0) is 4.74 Å². The van der Waals surface area contributed by atoms with Crippen molar-refractivity contribution in [1.82, 2.24) is 5.32 Å². The lowest BCUT2D eigenvalue weighted by Gasteiger charge is -2.38. The van der Waals surface area contributed by atoms with Crippen molar-refractivity contribution in [2.24, 2.45) is 5.41 Å². The van der Waals surface area contributed by atoms with Gasteiger partial charge in [-0.15, -0.1) is 0 Å². The first-order valence-electron chi connectivity index (χ1n) is 7.55. The molecule has 0 saturated heterocycles. The molecule has 2 aliphatic carbocycles. The van der Waals surface area contributed by atoms with Crippen LogP contribution in [0.1, 0.15) is 65.2 Å². The standard InChI is InChI=1S/C15H29NO/c1-13(2)17-11-10-15(8-4-3-5-9-15)12-16-14-6-7-14/h13-14,16H,3-12H2,1-2H3. The molecule has 0 spiro atoms. The van der Waals surface area contributed by atoms with Gasteiger partial charge in [0.05, 0.1) is 6.10 Å². The number of hydrogen-bond donors (Lipinski definition) is 1. The van der Waals surface area contributed by atoms with Crippen LogP contribution in [-0.4, -0.2) is 25.3 Å². The molecule has 0 atom stereocenters. The van der Waals surface area contributed by atoms with Crippen LogP contribution >= 0.6 is 0 Å². The maximum absolute atomic E-state index is 5.76. The number of rotatable bonds is 7. The summed E-state index contributed by atoms with van der Waals surface area (Å²) in [6.45, 7) is 6.45. The Hall–Kier alpha value is -0.0800. The lowest BCUT2D eigenvalue weighted by atomic mass is 9.72. The fraction of sp³-hybridized carbons (Fsp3) is 1.00. The van der Waals surface area contributed by atoms with Crippen LogP contribution in [0.15, 0.2) is 0 Å². The maximum atomic E-state index is 5.76. The van der Waals surface area contributed by atoms with Gasteiger partial charge in [-0.2, -0.15) is 0 Å². The van der Waals surface area contributed by atoms with E-state index in [-0.39, 0.29) is 0 Å². The van der Waals surface area contributed by atoms with Crippen molar-refractivity contribution < 1.29 is 4.74 Å². The second-order valence-corrected chi connectivity index (χ2v) is 6.39. The minimum atomic E-state index is 0.382. The second kappa shape index (κ2) is 6.19. The van der Waals surface area contributed by atoms with E-state index >= 15 is 0 Å². The lowest BCUT2D eigenvalue weighted by Crippen LogP contribution is -2.38. The van der Waals surface area contributed by atoms with Crippen LogP contribution in [0.25, 0.3) is 0 Å². The molecule has 0 aromatic carbocycles. The fourth-order valence-corrected chi connectivity index (χ4v) is 2.98. The Bertz CT molecular complexity index is 217. The molecule has 17 heavy (non-hydrogen) atoms. The lowest BCUT2D eigenvalue weighted by molar-refractivity contribution is 0.0387. The molecule has 2 heteroatoms. The molecule has 2 nitrogen and oxygen atoms in total. The smallest absolute Gasteiger partial charge is 0.0518 e. The van der Waals surface area contributed by atoms with Gasteiger partial charge in [-0.3, -0.25) is 0 Å². The predicted octanol–water partition coefficient (Wildman–Crippen LogP) is 3.50. The second-order valence-electron chi connectivity index (χ2n) is 6.39. The van der Waals surface area contributed by atoms with Crippen LogP contribution < -0.4 is 5.32 Å². The Balaban J connectivity index is 1.77. The van der Waals surface area contributed by atoms with Gasteiger partial charge in [0.2, 0.25) is 0 Å². The van der Waals surface area contributed by atoms with Gasteiger partial charge in [-0.25, -0.2) is 0 Å². The van der Waals surface area contributed by atoms with E-state index in [0.29, 0.717) is 11.5 Å². The van der Waals surface area contributed by atoms with E-state index < -0.39 is 0 Å². The summed E-state index contributed by atoms with van der Waals surface area (Å²) in [7, 11) is 0. The van der Waals surface area contributed by atoms with Crippen molar-refractivity contribution >= 4 is 0 Å². The zero-order valence-corrected chi connectivity index (χ0v) is 11.6. The van der Waals surface area contributed by atoms with Gasteiger partial charge in [0.1, 0.15) is 0 Å². The average molecular weight is 239 g/mol. The molecule has 2 fully saturated rings. The summed E-state index contributed by atoms with van der Waals surface area (Å²) in [6, 6.07) is 0.847. The first kappa shape index (κ1) is 13.4.